The minimum absolute atomic E-state index is 0.636. The third-order valence-corrected chi connectivity index (χ3v) is 6.32. The van der Waals surface area contributed by atoms with Crippen molar-refractivity contribution in [1.29, 1.82) is 0 Å². The van der Waals surface area contributed by atoms with E-state index in [4.69, 9.17) is 0 Å². The Morgan fingerprint density at radius 1 is 1.00 bits per heavy atom. The summed E-state index contributed by atoms with van der Waals surface area (Å²) >= 11 is 2.51. The molecule has 0 unspecified atom stereocenters. The van der Waals surface area contributed by atoms with Gasteiger partial charge in [-0.25, -0.2) is 10.0 Å². The van der Waals surface area contributed by atoms with Gasteiger partial charge >= 0.3 is 0 Å². The molecular formula is C19H29IN2. The zero-order valence-electron chi connectivity index (χ0n) is 13.6. The fraction of sp³-hybridized carbons (Fsp3) is 0.684. The van der Waals surface area contributed by atoms with Crippen molar-refractivity contribution in [2.75, 3.05) is 30.6 Å². The van der Waals surface area contributed by atoms with E-state index >= 15 is 0 Å². The molecule has 1 aromatic rings. The number of alkyl halides is 1. The first kappa shape index (κ1) is 16.7. The van der Waals surface area contributed by atoms with Crippen LogP contribution >= 0.6 is 22.6 Å². The van der Waals surface area contributed by atoms with Crippen molar-refractivity contribution in [2.24, 2.45) is 5.41 Å². The first-order chi connectivity index (χ1) is 10.8. The molecule has 3 heteroatoms. The van der Waals surface area contributed by atoms with Gasteiger partial charge in [0.1, 0.15) is 0 Å². The zero-order valence-corrected chi connectivity index (χ0v) is 15.8. The molecule has 0 aromatic heterocycles. The monoisotopic (exact) mass is 412 g/mol. The Balaban J connectivity index is 1.51. The van der Waals surface area contributed by atoms with Crippen LogP contribution in [-0.2, 0) is 6.42 Å². The smallest absolute Gasteiger partial charge is 0.0191 e. The van der Waals surface area contributed by atoms with Crippen LogP contribution in [0.2, 0.25) is 0 Å². The zero-order chi connectivity index (χ0) is 15.3. The minimum Gasteiger partial charge on any atom is -0.242 e. The van der Waals surface area contributed by atoms with Crippen LogP contribution in [0.4, 0.5) is 0 Å². The first-order valence-corrected chi connectivity index (χ1v) is 10.4. The average Bonchev–Trinajstić information content (AvgIpc) is 2.59. The van der Waals surface area contributed by atoms with Crippen LogP contribution in [0.3, 0.4) is 0 Å². The highest BCUT2D eigenvalue weighted by molar-refractivity contribution is 14.1. The Bertz CT molecular complexity index is 440. The number of piperidine rings is 1. The summed E-state index contributed by atoms with van der Waals surface area (Å²) in [6, 6.07) is 11.0. The van der Waals surface area contributed by atoms with Gasteiger partial charge in [0.25, 0.3) is 0 Å². The number of unbranched alkanes of at least 4 members (excludes halogenated alkanes) is 2. The molecule has 0 N–H and O–H groups in total. The lowest BCUT2D eigenvalue weighted by atomic mass is 9.72. The molecule has 2 nitrogen and oxygen atoms in total. The fourth-order valence-electron chi connectivity index (χ4n) is 4.12. The number of benzene rings is 1. The molecule has 0 atom stereocenters. The van der Waals surface area contributed by atoms with E-state index in [9.17, 15) is 0 Å². The van der Waals surface area contributed by atoms with E-state index in [0.29, 0.717) is 5.41 Å². The predicted octanol–water partition coefficient (Wildman–Crippen LogP) is 4.54. The van der Waals surface area contributed by atoms with Crippen molar-refractivity contribution in [2.45, 2.75) is 44.9 Å². The number of nitrogens with zero attached hydrogens (tertiary/aromatic N) is 2. The normalized spacial score (nSPS) is 28.1. The van der Waals surface area contributed by atoms with E-state index in [1.807, 2.05) is 0 Å². The lowest BCUT2D eigenvalue weighted by molar-refractivity contribution is -0.152. The second kappa shape index (κ2) is 8.11. The van der Waals surface area contributed by atoms with Crippen LogP contribution < -0.4 is 0 Å². The highest BCUT2D eigenvalue weighted by Gasteiger charge is 2.42. The molecule has 122 valence electrons. The largest absolute Gasteiger partial charge is 0.242 e. The second-order valence-electron chi connectivity index (χ2n) is 7.08. The molecule has 3 fully saturated rings. The van der Waals surface area contributed by atoms with E-state index in [-0.39, 0.29) is 0 Å². The van der Waals surface area contributed by atoms with Crippen molar-refractivity contribution in [1.82, 2.24) is 10.0 Å². The lowest BCUT2D eigenvalue weighted by Gasteiger charge is -2.55. The van der Waals surface area contributed by atoms with Gasteiger partial charge in [0, 0.05) is 26.2 Å². The molecule has 0 spiro atoms. The maximum Gasteiger partial charge on any atom is 0.0191 e. The highest BCUT2D eigenvalue weighted by Crippen LogP contribution is 2.42. The Hall–Kier alpha value is -0.130. The van der Waals surface area contributed by atoms with Crippen molar-refractivity contribution in [3.63, 3.8) is 0 Å². The molecule has 3 aliphatic heterocycles. The van der Waals surface area contributed by atoms with Crippen LogP contribution in [0.25, 0.3) is 0 Å². The van der Waals surface area contributed by atoms with Gasteiger partial charge in [-0.3, -0.25) is 0 Å². The number of halogens is 1. The number of fused-ring (bicyclic) bond motifs is 3. The number of hydrogen-bond donors (Lipinski definition) is 0. The van der Waals surface area contributed by atoms with Gasteiger partial charge < -0.3 is 0 Å². The maximum atomic E-state index is 2.67. The fourth-order valence-corrected chi connectivity index (χ4v) is 4.66. The summed E-state index contributed by atoms with van der Waals surface area (Å²) in [5.41, 5.74) is 2.11. The molecule has 0 aliphatic carbocycles. The van der Waals surface area contributed by atoms with E-state index in [1.165, 1.54) is 81.1 Å². The van der Waals surface area contributed by atoms with Crippen molar-refractivity contribution in [3.05, 3.63) is 35.9 Å². The van der Waals surface area contributed by atoms with Crippen LogP contribution in [0, 0.1) is 5.41 Å². The standard InChI is InChI=1S/C19H29IN2/c20-13-6-2-5-10-19-11-15-21(16-12-19)22(17-19)14-9-18-7-3-1-4-8-18/h1,3-4,7-8H,2,5-6,9-17H2. The Kier molecular flexibility index (Phi) is 6.16. The number of hydrogen-bond acceptors (Lipinski definition) is 2. The minimum atomic E-state index is 0.636. The lowest BCUT2D eigenvalue weighted by Crippen LogP contribution is -2.61. The molecule has 3 saturated heterocycles. The molecular weight excluding hydrogens is 383 g/mol. The van der Waals surface area contributed by atoms with Gasteiger partial charge in [0.05, 0.1) is 0 Å². The molecule has 0 amide bonds. The maximum absolute atomic E-state index is 2.67. The summed E-state index contributed by atoms with van der Waals surface area (Å²) in [5, 5.41) is 5.29. The molecule has 1 aromatic carbocycles. The van der Waals surface area contributed by atoms with Crippen molar-refractivity contribution >= 4 is 22.6 Å². The van der Waals surface area contributed by atoms with E-state index in [2.05, 4.69) is 62.9 Å². The van der Waals surface area contributed by atoms with Gasteiger partial charge in [-0.1, -0.05) is 65.8 Å². The van der Waals surface area contributed by atoms with E-state index in [1.54, 1.807) is 0 Å². The first-order valence-electron chi connectivity index (χ1n) is 8.91. The Labute approximate surface area is 149 Å². The highest BCUT2D eigenvalue weighted by atomic mass is 127. The third kappa shape index (κ3) is 4.24. The molecule has 3 heterocycles. The summed E-state index contributed by atoms with van der Waals surface area (Å²) < 4.78 is 1.32. The van der Waals surface area contributed by atoms with Gasteiger partial charge in [-0.2, -0.15) is 0 Å². The number of hydrazine groups is 1. The Morgan fingerprint density at radius 3 is 2.50 bits per heavy atom. The van der Waals surface area contributed by atoms with Crippen LogP contribution in [0.5, 0.6) is 0 Å². The molecule has 4 rings (SSSR count). The van der Waals surface area contributed by atoms with Crippen molar-refractivity contribution < 1.29 is 0 Å². The summed E-state index contributed by atoms with van der Waals surface area (Å²) in [5.74, 6) is 0. The molecule has 0 saturated carbocycles. The Morgan fingerprint density at radius 2 is 1.77 bits per heavy atom. The number of rotatable bonds is 8. The van der Waals surface area contributed by atoms with Gasteiger partial charge in [0.15, 0.2) is 0 Å². The van der Waals surface area contributed by atoms with Crippen LogP contribution in [0.15, 0.2) is 30.3 Å². The average molecular weight is 412 g/mol. The summed E-state index contributed by atoms with van der Waals surface area (Å²) in [6.45, 7) is 5.09. The molecule has 22 heavy (non-hydrogen) atoms. The van der Waals surface area contributed by atoms with Gasteiger partial charge in [0.2, 0.25) is 0 Å². The van der Waals surface area contributed by atoms with Gasteiger partial charge in [-0.05, 0) is 47.5 Å². The summed E-state index contributed by atoms with van der Waals surface area (Å²) in [7, 11) is 0. The van der Waals surface area contributed by atoms with Crippen LogP contribution in [-0.4, -0.2) is 40.6 Å². The van der Waals surface area contributed by atoms with Crippen LogP contribution in [0.1, 0.15) is 44.1 Å². The molecule has 3 aliphatic rings. The predicted molar refractivity (Wildman–Crippen MR) is 102 cm³/mol. The van der Waals surface area contributed by atoms with Crippen molar-refractivity contribution in [3.8, 4) is 0 Å². The summed E-state index contributed by atoms with van der Waals surface area (Å²) in [6.07, 6.45) is 9.77. The quantitative estimate of drug-likeness (QED) is 0.352. The van der Waals surface area contributed by atoms with E-state index in [0.717, 1.165) is 0 Å². The molecule has 0 radical (unpaired) electrons. The SMILES string of the molecule is ICCCCCC12CCN(CC1)N(CCc1ccccc1)C2. The second-order valence-corrected chi connectivity index (χ2v) is 8.16. The molecule has 2 bridgehead atoms. The summed E-state index contributed by atoms with van der Waals surface area (Å²) in [4.78, 5) is 0. The van der Waals surface area contributed by atoms with Gasteiger partial charge in [-0.15, -0.1) is 0 Å². The third-order valence-electron chi connectivity index (χ3n) is 5.56. The van der Waals surface area contributed by atoms with E-state index < -0.39 is 0 Å². The topological polar surface area (TPSA) is 6.48 Å².